The number of hydrogen-bond donors (Lipinski definition) is 2. The lowest BCUT2D eigenvalue weighted by molar-refractivity contribution is -0.171. The van der Waals surface area contributed by atoms with E-state index in [1.54, 1.807) is 23.9 Å². The Morgan fingerprint density at radius 1 is 1.24 bits per heavy atom. The molecule has 3 aromatic rings. The molecule has 6 unspecified atom stereocenters. The number of nitrogens with one attached hydrogen (secondary N) is 1. The van der Waals surface area contributed by atoms with E-state index in [1.807, 2.05) is 24.6 Å². The summed E-state index contributed by atoms with van der Waals surface area (Å²) in [6, 6.07) is 6.69. The number of nitrogens with zero attached hydrogens (tertiary/aromatic N) is 5. The Labute approximate surface area is 224 Å². The minimum absolute atomic E-state index is 0.0624. The van der Waals surface area contributed by atoms with Gasteiger partial charge in [-0.2, -0.15) is 0 Å². The van der Waals surface area contributed by atoms with Crippen LogP contribution in [-0.4, -0.2) is 79.2 Å². The van der Waals surface area contributed by atoms with E-state index in [9.17, 15) is 9.50 Å². The third-order valence-corrected chi connectivity index (χ3v) is 8.30. The van der Waals surface area contributed by atoms with Crippen molar-refractivity contribution in [3.8, 4) is 0 Å². The standard InChI is InChI=1S/C26H33FN6O4S/c1-4-10-38-25-29-23(28-17-12-16(17)14-6-5-7-15(27)11-14)20-24(30-25)33(32-31-20)18-13-19(35-9-8-34)22-21(18)36-26(2,3)37-22/h5-7,11,16-19,21-22,34H,4,8-10,12-13H2,1-3H3,(H,28,29,30). The van der Waals surface area contributed by atoms with E-state index in [2.05, 4.69) is 22.6 Å². The van der Waals surface area contributed by atoms with Gasteiger partial charge in [-0.25, -0.2) is 19.0 Å². The molecule has 2 aliphatic carbocycles. The summed E-state index contributed by atoms with van der Waals surface area (Å²) in [5.74, 6) is 0.751. The number of hydrogen-bond acceptors (Lipinski definition) is 10. The van der Waals surface area contributed by atoms with Gasteiger partial charge >= 0.3 is 0 Å². The van der Waals surface area contributed by atoms with E-state index in [-0.39, 0.29) is 55.3 Å². The van der Waals surface area contributed by atoms with Gasteiger partial charge in [-0.3, -0.25) is 0 Å². The average molecular weight is 545 g/mol. The number of thioether (sulfide) groups is 1. The molecule has 6 atom stereocenters. The van der Waals surface area contributed by atoms with Crippen molar-refractivity contribution >= 4 is 28.7 Å². The maximum Gasteiger partial charge on any atom is 0.191 e. The average Bonchev–Trinajstić information content (AvgIpc) is 3.23. The molecule has 204 valence electrons. The van der Waals surface area contributed by atoms with Crippen LogP contribution in [0.4, 0.5) is 10.2 Å². The first-order valence-electron chi connectivity index (χ1n) is 13.2. The lowest BCUT2D eigenvalue weighted by Crippen LogP contribution is -2.31. The second-order valence-electron chi connectivity index (χ2n) is 10.6. The molecule has 0 spiro atoms. The van der Waals surface area contributed by atoms with Crippen LogP contribution >= 0.6 is 11.8 Å². The number of halogens is 1. The number of aromatic nitrogens is 5. The van der Waals surface area contributed by atoms with Crippen LogP contribution in [-0.2, 0) is 14.2 Å². The van der Waals surface area contributed by atoms with E-state index in [1.165, 1.54) is 6.07 Å². The number of benzene rings is 1. The summed E-state index contributed by atoms with van der Waals surface area (Å²) in [5, 5.41) is 22.5. The molecule has 38 heavy (non-hydrogen) atoms. The minimum Gasteiger partial charge on any atom is -0.394 e. The molecule has 3 aliphatic rings. The monoisotopic (exact) mass is 544 g/mol. The van der Waals surface area contributed by atoms with Gasteiger partial charge in [-0.15, -0.1) is 5.10 Å². The van der Waals surface area contributed by atoms with Gasteiger partial charge in [0, 0.05) is 24.1 Å². The number of aliphatic hydroxyl groups is 1. The Morgan fingerprint density at radius 2 is 2.08 bits per heavy atom. The number of rotatable bonds is 10. The molecule has 0 radical (unpaired) electrons. The Hall–Kier alpha value is -2.38. The van der Waals surface area contributed by atoms with Crippen molar-refractivity contribution in [2.45, 2.75) is 87.3 Å². The van der Waals surface area contributed by atoms with Crippen molar-refractivity contribution in [1.82, 2.24) is 25.0 Å². The summed E-state index contributed by atoms with van der Waals surface area (Å²) in [4.78, 5) is 9.65. The predicted octanol–water partition coefficient (Wildman–Crippen LogP) is 3.67. The van der Waals surface area contributed by atoms with Gasteiger partial charge in [-0.05, 0) is 44.4 Å². The molecular formula is C26H33FN6O4S. The molecule has 6 rings (SSSR count). The van der Waals surface area contributed by atoms with Gasteiger partial charge in [0.15, 0.2) is 27.9 Å². The minimum atomic E-state index is -0.757. The fourth-order valence-corrected chi connectivity index (χ4v) is 6.24. The molecule has 0 bridgehead atoms. The molecule has 1 aliphatic heterocycles. The molecule has 2 N–H and O–H groups in total. The van der Waals surface area contributed by atoms with Crippen LogP contribution in [0.25, 0.3) is 11.2 Å². The molecule has 1 aromatic carbocycles. The van der Waals surface area contributed by atoms with Crippen LogP contribution in [0.2, 0.25) is 0 Å². The van der Waals surface area contributed by atoms with E-state index in [4.69, 9.17) is 24.2 Å². The van der Waals surface area contributed by atoms with Gasteiger partial charge < -0.3 is 24.6 Å². The zero-order valence-electron chi connectivity index (χ0n) is 21.7. The van der Waals surface area contributed by atoms with Gasteiger partial charge in [0.05, 0.1) is 25.4 Å². The Kier molecular flexibility index (Phi) is 7.02. The van der Waals surface area contributed by atoms with Crippen molar-refractivity contribution in [3.05, 3.63) is 35.6 Å². The van der Waals surface area contributed by atoms with Crippen molar-refractivity contribution in [3.63, 3.8) is 0 Å². The Bertz CT molecular complexity index is 1310. The lowest BCUT2D eigenvalue weighted by atomic mass is 10.1. The van der Waals surface area contributed by atoms with Crippen LogP contribution in [0.5, 0.6) is 0 Å². The summed E-state index contributed by atoms with van der Waals surface area (Å²) in [6.07, 6.45) is 1.65. The maximum absolute atomic E-state index is 13.8. The topological polar surface area (TPSA) is 116 Å². The Morgan fingerprint density at radius 3 is 2.87 bits per heavy atom. The van der Waals surface area contributed by atoms with E-state index in [0.717, 1.165) is 24.2 Å². The van der Waals surface area contributed by atoms with Crippen LogP contribution in [0, 0.1) is 5.82 Å². The predicted molar refractivity (Wildman–Crippen MR) is 140 cm³/mol. The Balaban J connectivity index is 1.31. The zero-order valence-corrected chi connectivity index (χ0v) is 22.5. The number of anilines is 1. The molecule has 1 saturated heterocycles. The number of fused-ring (bicyclic) bond motifs is 2. The van der Waals surface area contributed by atoms with Crippen molar-refractivity contribution < 1.29 is 23.7 Å². The summed E-state index contributed by atoms with van der Waals surface area (Å²) < 4.78 is 34.0. The molecule has 3 heterocycles. The van der Waals surface area contributed by atoms with Crippen LogP contribution in [0.3, 0.4) is 0 Å². The second kappa shape index (κ2) is 10.3. The quantitative estimate of drug-likeness (QED) is 0.289. The van der Waals surface area contributed by atoms with Gasteiger partial charge in [-0.1, -0.05) is 36.0 Å². The fraction of sp³-hybridized carbons (Fsp3) is 0.615. The SMILES string of the molecule is CCCSc1nc(NC2CC2c2cccc(F)c2)c2nnn(C3CC(OCCO)C4OC(C)(C)OC43)c2n1. The highest BCUT2D eigenvalue weighted by Crippen LogP contribution is 2.46. The van der Waals surface area contributed by atoms with E-state index < -0.39 is 5.79 Å². The molecule has 2 saturated carbocycles. The first-order chi connectivity index (χ1) is 18.4. The van der Waals surface area contributed by atoms with Crippen LogP contribution < -0.4 is 5.32 Å². The molecule has 2 aromatic heterocycles. The van der Waals surface area contributed by atoms with Crippen molar-refractivity contribution in [2.24, 2.45) is 0 Å². The van der Waals surface area contributed by atoms with Crippen molar-refractivity contribution in [1.29, 1.82) is 0 Å². The third-order valence-electron chi connectivity index (χ3n) is 7.25. The smallest absolute Gasteiger partial charge is 0.191 e. The highest BCUT2D eigenvalue weighted by Gasteiger charge is 2.56. The molecule has 10 nitrogen and oxygen atoms in total. The van der Waals surface area contributed by atoms with E-state index >= 15 is 0 Å². The maximum atomic E-state index is 13.8. The number of aliphatic hydroxyl groups excluding tert-OH is 1. The van der Waals surface area contributed by atoms with Crippen LogP contribution in [0.1, 0.15) is 57.6 Å². The lowest BCUT2D eigenvalue weighted by Gasteiger charge is -2.23. The number of ether oxygens (including phenoxy) is 3. The highest BCUT2D eigenvalue weighted by atomic mass is 32.2. The van der Waals surface area contributed by atoms with Gasteiger partial charge in [0.1, 0.15) is 18.0 Å². The summed E-state index contributed by atoms with van der Waals surface area (Å²) in [6.45, 7) is 6.06. The normalized spacial score (nSPS) is 29.6. The highest BCUT2D eigenvalue weighted by molar-refractivity contribution is 7.99. The first kappa shape index (κ1) is 25.9. The third kappa shape index (κ3) is 5.00. The zero-order chi connectivity index (χ0) is 26.4. The first-order valence-corrected chi connectivity index (χ1v) is 14.2. The second-order valence-corrected chi connectivity index (χ2v) is 11.6. The summed E-state index contributed by atoms with van der Waals surface area (Å²) in [5.41, 5.74) is 2.19. The molecule has 3 fully saturated rings. The molecule has 12 heteroatoms. The summed E-state index contributed by atoms with van der Waals surface area (Å²) in [7, 11) is 0. The van der Waals surface area contributed by atoms with Crippen molar-refractivity contribution in [2.75, 3.05) is 24.3 Å². The van der Waals surface area contributed by atoms with Crippen LogP contribution in [0.15, 0.2) is 29.4 Å². The summed E-state index contributed by atoms with van der Waals surface area (Å²) >= 11 is 1.59. The van der Waals surface area contributed by atoms with Gasteiger partial charge in [0.2, 0.25) is 0 Å². The van der Waals surface area contributed by atoms with E-state index in [0.29, 0.717) is 28.6 Å². The molecule has 0 amide bonds. The molecular weight excluding hydrogens is 511 g/mol. The van der Waals surface area contributed by atoms with Gasteiger partial charge in [0.25, 0.3) is 0 Å². The fourth-order valence-electron chi connectivity index (χ4n) is 5.54. The largest absolute Gasteiger partial charge is 0.394 e.